The highest BCUT2D eigenvalue weighted by Gasteiger charge is 2.18. The molecular weight excluding hydrogens is 216 g/mol. The number of hydrogen-bond donors (Lipinski definition) is 1. The van der Waals surface area contributed by atoms with Crippen LogP contribution in [0.2, 0.25) is 0 Å². The Labute approximate surface area is 106 Å². The Morgan fingerprint density at radius 3 is 2.41 bits per heavy atom. The van der Waals surface area contributed by atoms with Crippen LogP contribution >= 0.6 is 0 Å². The molecule has 1 amide bonds. The molecule has 17 heavy (non-hydrogen) atoms. The summed E-state index contributed by atoms with van der Waals surface area (Å²) in [6, 6.07) is 0. The van der Waals surface area contributed by atoms with Crippen molar-refractivity contribution in [1.82, 2.24) is 10.2 Å². The summed E-state index contributed by atoms with van der Waals surface area (Å²) >= 11 is 0. The van der Waals surface area contributed by atoms with Crippen molar-refractivity contribution >= 4 is 6.09 Å². The third-order valence-electron chi connectivity index (χ3n) is 2.10. The molecule has 0 saturated carbocycles. The average molecular weight is 244 g/mol. The molecule has 0 bridgehead atoms. The summed E-state index contributed by atoms with van der Waals surface area (Å²) in [4.78, 5) is 13.2. The molecule has 0 atom stereocenters. The standard InChI is InChI=1S/C13H28N2O2/c1-11(2)10-14-8-7-9-15(6)12(16)17-13(3,4)5/h11,14H,7-10H2,1-6H3. The van der Waals surface area contributed by atoms with Crippen molar-refractivity contribution in [2.24, 2.45) is 5.92 Å². The molecule has 0 aliphatic heterocycles. The van der Waals surface area contributed by atoms with Gasteiger partial charge in [-0.25, -0.2) is 4.79 Å². The van der Waals surface area contributed by atoms with E-state index in [4.69, 9.17) is 4.74 Å². The fraction of sp³-hybridized carbons (Fsp3) is 0.923. The SMILES string of the molecule is CC(C)CNCCCN(C)C(=O)OC(C)(C)C. The Balaban J connectivity index is 3.65. The topological polar surface area (TPSA) is 41.6 Å². The maximum absolute atomic E-state index is 11.6. The van der Waals surface area contributed by atoms with E-state index in [1.54, 1.807) is 11.9 Å². The van der Waals surface area contributed by atoms with Gasteiger partial charge in [0.15, 0.2) is 0 Å². The molecule has 0 unspecified atom stereocenters. The minimum Gasteiger partial charge on any atom is -0.444 e. The van der Waals surface area contributed by atoms with Gasteiger partial charge < -0.3 is 15.0 Å². The summed E-state index contributed by atoms with van der Waals surface area (Å²) in [5.41, 5.74) is -0.415. The van der Waals surface area contributed by atoms with Crippen LogP contribution in [0, 0.1) is 5.92 Å². The first kappa shape index (κ1) is 16.2. The molecule has 0 aromatic carbocycles. The van der Waals surface area contributed by atoms with Crippen molar-refractivity contribution in [3.05, 3.63) is 0 Å². The predicted molar refractivity (Wildman–Crippen MR) is 71.2 cm³/mol. The van der Waals surface area contributed by atoms with Gasteiger partial charge in [0.05, 0.1) is 0 Å². The van der Waals surface area contributed by atoms with E-state index >= 15 is 0 Å². The fourth-order valence-corrected chi connectivity index (χ4v) is 1.26. The van der Waals surface area contributed by atoms with Gasteiger partial charge in [-0.15, -0.1) is 0 Å². The van der Waals surface area contributed by atoms with Gasteiger partial charge in [0.2, 0.25) is 0 Å². The first-order valence-electron chi connectivity index (χ1n) is 6.37. The molecule has 4 nitrogen and oxygen atoms in total. The number of amides is 1. The quantitative estimate of drug-likeness (QED) is 0.730. The lowest BCUT2D eigenvalue weighted by Crippen LogP contribution is -2.35. The Kier molecular flexibility index (Phi) is 7.19. The highest BCUT2D eigenvalue weighted by Crippen LogP contribution is 2.08. The van der Waals surface area contributed by atoms with E-state index < -0.39 is 5.60 Å². The predicted octanol–water partition coefficient (Wildman–Crippen LogP) is 2.49. The molecule has 1 N–H and O–H groups in total. The van der Waals surface area contributed by atoms with Crippen LogP contribution in [-0.4, -0.2) is 43.3 Å². The van der Waals surface area contributed by atoms with Crippen LogP contribution < -0.4 is 5.32 Å². The third kappa shape index (κ3) is 10.1. The van der Waals surface area contributed by atoms with E-state index in [-0.39, 0.29) is 6.09 Å². The molecule has 0 radical (unpaired) electrons. The van der Waals surface area contributed by atoms with E-state index in [2.05, 4.69) is 19.2 Å². The Hall–Kier alpha value is -0.770. The van der Waals surface area contributed by atoms with Gasteiger partial charge in [0, 0.05) is 13.6 Å². The van der Waals surface area contributed by atoms with Crippen LogP contribution in [0.4, 0.5) is 4.79 Å². The van der Waals surface area contributed by atoms with Gasteiger partial charge in [-0.05, 0) is 46.2 Å². The maximum Gasteiger partial charge on any atom is 0.410 e. The van der Waals surface area contributed by atoms with E-state index in [0.717, 1.165) is 26.1 Å². The highest BCUT2D eigenvalue weighted by molar-refractivity contribution is 5.67. The average Bonchev–Trinajstić information content (AvgIpc) is 2.13. The number of nitrogens with one attached hydrogen (secondary N) is 1. The van der Waals surface area contributed by atoms with Gasteiger partial charge in [-0.3, -0.25) is 0 Å². The van der Waals surface area contributed by atoms with Crippen LogP contribution in [-0.2, 0) is 4.74 Å². The van der Waals surface area contributed by atoms with Crippen molar-refractivity contribution in [1.29, 1.82) is 0 Å². The van der Waals surface area contributed by atoms with Crippen LogP contribution in [0.15, 0.2) is 0 Å². The van der Waals surface area contributed by atoms with Crippen molar-refractivity contribution in [2.45, 2.75) is 46.6 Å². The zero-order chi connectivity index (χ0) is 13.5. The number of carbonyl (C=O) groups is 1. The molecule has 102 valence electrons. The van der Waals surface area contributed by atoms with E-state index in [1.165, 1.54) is 0 Å². The highest BCUT2D eigenvalue weighted by atomic mass is 16.6. The minimum absolute atomic E-state index is 0.249. The Bertz CT molecular complexity index is 222. The lowest BCUT2D eigenvalue weighted by atomic mass is 10.2. The summed E-state index contributed by atoms with van der Waals surface area (Å²) in [5, 5.41) is 3.35. The summed E-state index contributed by atoms with van der Waals surface area (Å²) in [5.74, 6) is 0.665. The summed E-state index contributed by atoms with van der Waals surface area (Å²) < 4.78 is 5.26. The second-order valence-corrected chi connectivity index (χ2v) is 5.85. The van der Waals surface area contributed by atoms with Gasteiger partial charge in [-0.1, -0.05) is 13.8 Å². The van der Waals surface area contributed by atoms with E-state index in [1.807, 2.05) is 20.8 Å². The largest absolute Gasteiger partial charge is 0.444 e. The Morgan fingerprint density at radius 2 is 1.94 bits per heavy atom. The molecular formula is C13H28N2O2. The second kappa shape index (κ2) is 7.54. The van der Waals surface area contributed by atoms with E-state index in [9.17, 15) is 4.79 Å². The minimum atomic E-state index is -0.415. The number of ether oxygens (including phenoxy) is 1. The Morgan fingerprint density at radius 1 is 1.35 bits per heavy atom. The monoisotopic (exact) mass is 244 g/mol. The second-order valence-electron chi connectivity index (χ2n) is 5.85. The first-order valence-corrected chi connectivity index (χ1v) is 6.37. The molecule has 0 aliphatic carbocycles. The number of hydrogen-bond acceptors (Lipinski definition) is 3. The summed E-state index contributed by atoms with van der Waals surface area (Å²) in [7, 11) is 1.77. The maximum atomic E-state index is 11.6. The van der Waals surface area contributed by atoms with Crippen molar-refractivity contribution in [3.8, 4) is 0 Å². The number of nitrogens with zero attached hydrogens (tertiary/aromatic N) is 1. The first-order chi connectivity index (χ1) is 7.72. The van der Waals surface area contributed by atoms with E-state index in [0.29, 0.717) is 5.92 Å². The van der Waals surface area contributed by atoms with Crippen LogP contribution in [0.25, 0.3) is 0 Å². The smallest absolute Gasteiger partial charge is 0.410 e. The van der Waals surface area contributed by atoms with Gasteiger partial charge in [-0.2, -0.15) is 0 Å². The van der Waals surface area contributed by atoms with Crippen molar-refractivity contribution in [2.75, 3.05) is 26.7 Å². The van der Waals surface area contributed by atoms with Crippen LogP contribution in [0.1, 0.15) is 41.0 Å². The van der Waals surface area contributed by atoms with Crippen LogP contribution in [0.3, 0.4) is 0 Å². The molecule has 0 rings (SSSR count). The lowest BCUT2D eigenvalue weighted by molar-refractivity contribution is 0.0297. The van der Waals surface area contributed by atoms with Crippen molar-refractivity contribution < 1.29 is 9.53 Å². The summed E-state index contributed by atoms with van der Waals surface area (Å²) in [6.45, 7) is 12.7. The van der Waals surface area contributed by atoms with Crippen molar-refractivity contribution in [3.63, 3.8) is 0 Å². The van der Waals surface area contributed by atoms with Gasteiger partial charge >= 0.3 is 6.09 Å². The zero-order valence-electron chi connectivity index (χ0n) is 12.2. The molecule has 0 aliphatic rings. The molecule has 0 aromatic rings. The third-order valence-corrected chi connectivity index (χ3v) is 2.10. The number of carbonyl (C=O) groups excluding carboxylic acids is 1. The lowest BCUT2D eigenvalue weighted by Gasteiger charge is -2.24. The molecule has 4 heteroatoms. The normalized spacial score (nSPS) is 11.7. The molecule has 0 saturated heterocycles. The van der Waals surface area contributed by atoms with Crippen LogP contribution in [0.5, 0.6) is 0 Å². The molecule has 0 heterocycles. The molecule has 0 aromatic heterocycles. The molecule has 0 spiro atoms. The summed E-state index contributed by atoms with van der Waals surface area (Å²) in [6.07, 6.45) is 0.698. The fourth-order valence-electron chi connectivity index (χ4n) is 1.26. The van der Waals surface area contributed by atoms with Gasteiger partial charge in [0.25, 0.3) is 0 Å². The number of rotatable bonds is 6. The molecule has 0 fully saturated rings. The van der Waals surface area contributed by atoms with Gasteiger partial charge in [0.1, 0.15) is 5.60 Å². The zero-order valence-corrected chi connectivity index (χ0v) is 12.2.